The second-order valence-corrected chi connectivity index (χ2v) is 13.2. The summed E-state index contributed by atoms with van der Waals surface area (Å²) in [5.74, 6) is -1.96. The molecule has 1 atom stereocenters. The van der Waals surface area contributed by atoms with Gasteiger partial charge in [0, 0.05) is 19.5 Å². The molecule has 0 bridgehead atoms. The summed E-state index contributed by atoms with van der Waals surface area (Å²) in [6.45, 7) is 5.32. The molecular weight excluding hydrogens is 596 g/mol. The summed E-state index contributed by atoms with van der Waals surface area (Å²) in [7, 11) is -4.30. The SMILES string of the molecule is Cc1ccc(S(=O)(=O)N(CC(=O)N(Cc2ccc(F)cc2)C(Cc2ccccc2)C(=O)NCC(C)C)c2ccc(F)cc2)cc1. The highest BCUT2D eigenvalue weighted by atomic mass is 32.2. The van der Waals surface area contributed by atoms with Crippen molar-refractivity contribution >= 4 is 27.5 Å². The summed E-state index contributed by atoms with van der Waals surface area (Å²) in [6, 6.07) is 24.7. The van der Waals surface area contributed by atoms with Gasteiger partial charge in [0.05, 0.1) is 10.6 Å². The first-order valence-electron chi connectivity index (χ1n) is 14.6. The van der Waals surface area contributed by atoms with Crippen molar-refractivity contribution in [2.45, 2.75) is 44.7 Å². The van der Waals surface area contributed by atoms with Gasteiger partial charge in [-0.2, -0.15) is 0 Å². The highest BCUT2D eigenvalue weighted by Crippen LogP contribution is 2.26. The predicted octanol–water partition coefficient (Wildman–Crippen LogP) is 5.88. The molecule has 4 rings (SSSR count). The van der Waals surface area contributed by atoms with Gasteiger partial charge in [0.15, 0.2) is 0 Å². The molecule has 45 heavy (non-hydrogen) atoms. The van der Waals surface area contributed by atoms with Gasteiger partial charge >= 0.3 is 0 Å². The van der Waals surface area contributed by atoms with E-state index in [0.29, 0.717) is 12.1 Å². The first kappa shape index (κ1) is 33.3. The number of carbonyl (C=O) groups excluding carboxylic acids is 2. The van der Waals surface area contributed by atoms with Gasteiger partial charge in [-0.05, 0) is 72.5 Å². The summed E-state index contributed by atoms with van der Waals surface area (Å²) in [4.78, 5) is 29.4. The van der Waals surface area contributed by atoms with E-state index in [1.807, 2.05) is 51.1 Å². The Bertz CT molecular complexity index is 1680. The summed E-state index contributed by atoms with van der Waals surface area (Å²) >= 11 is 0. The third kappa shape index (κ3) is 8.98. The standard InChI is InChI=1S/C35H37F2N3O4S/c1-25(2)22-38-35(42)33(21-27-7-5-4-6-8-27)39(23-28-11-13-29(36)14-12-28)34(41)24-40(31-17-15-30(37)16-18-31)45(43,44)32-19-9-26(3)10-20-32/h4-20,25,33H,21-24H2,1-3H3,(H,38,42). The lowest BCUT2D eigenvalue weighted by atomic mass is 10.0. The number of nitrogens with one attached hydrogen (secondary N) is 1. The Morgan fingerprint density at radius 3 is 1.93 bits per heavy atom. The number of anilines is 1. The number of sulfonamides is 1. The lowest BCUT2D eigenvalue weighted by Gasteiger charge is -2.34. The molecule has 4 aromatic rings. The minimum absolute atomic E-state index is 0.0502. The maximum absolute atomic E-state index is 14.4. The number of rotatable bonds is 13. The Morgan fingerprint density at radius 1 is 0.778 bits per heavy atom. The van der Waals surface area contributed by atoms with Crippen LogP contribution in [0.4, 0.5) is 14.5 Å². The van der Waals surface area contributed by atoms with Crippen LogP contribution in [0.2, 0.25) is 0 Å². The maximum Gasteiger partial charge on any atom is 0.264 e. The van der Waals surface area contributed by atoms with Crippen LogP contribution in [-0.4, -0.2) is 44.3 Å². The molecule has 0 saturated heterocycles. The molecule has 0 saturated carbocycles. The molecular formula is C35H37F2N3O4S. The topological polar surface area (TPSA) is 86.8 Å². The number of amides is 2. The number of nitrogens with zero attached hydrogens (tertiary/aromatic N) is 2. The van der Waals surface area contributed by atoms with Gasteiger partial charge in [0.1, 0.15) is 24.2 Å². The molecule has 2 amide bonds. The molecule has 1 N–H and O–H groups in total. The second-order valence-electron chi connectivity index (χ2n) is 11.3. The number of hydrogen-bond acceptors (Lipinski definition) is 4. The number of aryl methyl sites for hydroxylation is 1. The van der Waals surface area contributed by atoms with E-state index >= 15 is 0 Å². The van der Waals surface area contributed by atoms with Crippen molar-refractivity contribution in [2.24, 2.45) is 5.92 Å². The minimum Gasteiger partial charge on any atom is -0.354 e. The Labute approximate surface area is 263 Å². The minimum atomic E-state index is -4.30. The largest absolute Gasteiger partial charge is 0.354 e. The molecule has 1 unspecified atom stereocenters. The average molecular weight is 634 g/mol. The zero-order valence-corrected chi connectivity index (χ0v) is 26.3. The lowest BCUT2D eigenvalue weighted by Crippen LogP contribution is -2.53. The van der Waals surface area contributed by atoms with Crippen molar-refractivity contribution in [1.82, 2.24) is 10.2 Å². The van der Waals surface area contributed by atoms with Gasteiger partial charge in [0.2, 0.25) is 11.8 Å². The molecule has 7 nitrogen and oxygen atoms in total. The second kappa shape index (κ2) is 14.9. The highest BCUT2D eigenvalue weighted by molar-refractivity contribution is 7.92. The molecule has 0 heterocycles. The molecule has 236 valence electrons. The zero-order chi connectivity index (χ0) is 32.6. The predicted molar refractivity (Wildman–Crippen MR) is 171 cm³/mol. The number of halogens is 2. The maximum atomic E-state index is 14.4. The van der Waals surface area contributed by atoms with Crippen LogP contribution in [0, 0.1) is 24.5 Å². The molecule has 0 aromatic heterocycles. The van der Waals surface area contributed by atoms with Crippen LogP contribution in [-0.2, 0) is 32.6 Å². The summed E-state index contributed by atoms with van der Waals surface area (Å²) < 4.78 is 56.6. The smallest absolute Gasteiger partial charge is 0.264 e. The molecule has 0 spiro atoms. The Morgan fingerprint density at radius 2 is 1.36 bits per heavy atom. The van der Waals surface area contributed by atoms with E-state index < -0.39 is 46.1 Å². The summed E-state index contributed by atoms with van der Waals surface area (Å²) in [5, 5.41) is 2.92. The fraction of sp³-hybridized carbons (Fsp3) is 0.257. The van der Waals surface area contributed by atoms with Gasteiger partial charge in [0.25, 0.3) is 10.0 Å². The van der Waals surface area contributed by atoms with Crippen LogP contribution in [0.3, 0.4) is 0 Å². The Kier molecular flexibility index (Phi) is 11.1. The van der Waals surface area contributed by atoms with E-state index in [1.165, 1.54) is 53.4 Å². The van der Waals surface area contributed by atoms with Gasteiger partial charge in [-0.1, -0.05) is 74.0 Å². The van der Waals surface area contributed by atoms with Gasteiger partial charge in [-0.25, -0.2) is 17.2 Å². The molecule has 0 radical (unpaired) electrons. The number of benzene rings is 4. The van der Waals surface area contributed by atoms with Crippen molar-refractivity contribution in [2.75, 3.05) is 17.4 Å². The number of carbonyl (C=O) groups is 2. The molecule has 0 aliphatic rings. The van der Waals surface area contributed by atoms with Crippen LogP contribution in [0.25, 0.3) is 0 Å². The average Bonchev–Trinajstić information content (AvgIpc) is 3.02. The van der Waals surface area contributed by atoms with E-state index in [9.17, 15) is 26.8 Å². The molecule has 0 aliphatic carbocycles. The van der Waals surface area contributed by atoms with Gasteiger partial charge in [-0.15, -0.1) is 0 Å². The van der Waals surface area contributed by atoms with Crippen LogP contribution >= 0.6 is 0 Å². The third-order valence-electron chi connectivity index (χ3n) is 7.22. The van der Waals surface area contributed by atoms with Crippen LogP contribution in [0.5, 0.6) is 0 Å². The van der Waals surface area contributed by atoms with E-state index in [0.717, 1.165) is 27.6 Å². The fourth-order valence-electron chi connectivity index (χ4n) is 4.74. The van der Waals surface area contributed by atoms with E-state index in [-0.39, 0.29) is 29.5 Å². The monoisotopic (exact) mass is 633 g/mol. The molecule has 4 aromatic carbocycles. The fourth-order valence-corrected chi connectivity index (χ4v) is 6.15. The summed E-state index contributed by atoms with van der Waals surface area (Å²) in [6.07, 6.45) is 0.152. The third-order valence-corrected chi connectivity index (χ3v) is 9.01. The quantitative estimate of drug-likeness (QED) is 0.199. The van der Waals surface area contributed by atoms with E-state index in [1.54, 1.807) is 12.1 Å². The molecule has 0 fully saturated rings. The highest BCUT2D eigenvalue weighted by Gasteiger charge is 2.34. The van der Waals surface area contributed by atoms with Crippen molar-refractivity contribution in [3.8, 4) is 0 Å². The number of hydrogen-bond donors (Lipinski definition) is 1. The van der Waals surface area contributed by atoms with E-state index in [2.05, 4.69) is 5.32 Å². The molecule has 10 heteroatoms. The lowest BCUT2D eigenvalue weighted by molar-refractivity contribution is -0.140. The van der Waals surface area contributed by atoms with Crippen molar-refractivity contribution < 1.29 is 26.8 Å². The van der Waals surface area contributed by atoms with Crippen molar-refractivity contribution in [3.05, 3.63) is 131 Å². The van der Waals surface area contributed by atoms with Crippen LogP contribution in [0.1, 0.15) is 30.5 Å². The van der Waals surface area contributed by atoms with Crippen LogP contribution < -0.4 is 9.62 Å². The van der Waals surface area contributed by atoms with Gasteiger partial charge in [-0.3, -0.25) is 13.9 Å². The van der Waals surface area contributed by atoms with Crippen molar-refractivity contribution in [3.63, 3.8) is 0 Å². The molecule has 0 aliphatic heterocycles. The normalized spacial score (nSPS) is 12.0. The Balaban J connectivity index is 1.79. The zero-order valence-electron chi connectivity index (χ0n) is 25.5. The first-order chi connectivity index (χ1) is 21.4. The van der Waals surface area contributed by atoms with Crippen LogP contribution in [0.15, 0.2) is 108 Å². The van der Waals surface area contributed by atoms with Gasteiger partial charge < -0.3 is 10.2 Å². The van der Waals surface area contributed by atoms with E-state index in [4.69, 9.17) is 0 Å². The summed E-state index contributed by atoms with van der Waals surface area (Å²) in [5.41, 5.74) is 2.27. The first-order valence-corrected chi connectivity index (χ1v) is 16.1. The van der Waals surface area contributed by atoms with Crippen molar-refractivity contribution in [1.29, 1.82) is 0 Å². The Hall–Kier alpha value is -4.57.